The Bertz CT molecular complexity index is 574. The highest BCUT2D eigenvalue weighted by molar-refractivity contribution is 6.30. The maximum Gasteiger partial charge on any atom is 0.165 e. The number of hydrogen-bond donors (Lipinski definition) is 2. The van der Waals surface area contributed by atoms with Gasteiger partial charge in [0.05, 0.1) is 12.7 Å². The van der Waals surface area contributed by atoms with Crippen LogP contribution in [0.1, 0.15) is 5.56 Å². The Morgan fingerprint density at radius 2 is 2.17 bits per heavy atom. The predicted molar refractivity (Wildman–Crippen MR) is 71.3 cm³/mol. The zero-order valence-electron chi connectivity index (χ0n) is 9.85. The molecule has 1 aromatic carbocycles. The summed E-state index contributed by atoms with van der Waals surface area (Å²) in [5.41, 5.74) is 12.7. The number of anilines is 1. The Hall–Kier alpha value is -1.85. The molecule has 0 saturated heterocycles. The first kappa shape index (κ1) is 12.6. The normalized spacial score (nSPS) is 10.4. The molecule has 1 aromatic heterocycles. The van der Waals surface area contributed by atoms with Gasteiger partial charge in [-0.2, -0.15) is 0 Å². The molecule has 94 valence electrons. The lowest BCUT2D eigenvalue weighted by Crippen LogP contribution is -2.06. The molecule has 4 N–H and O–H groups in total. The van der Waals surface area contributed by atoms with E-state index in [1.807, 2.05) is 0 Å². The topological polar surface area (TPSA) is 87.0 Å². The van der Waals surface area contributed by atoms with E-state index >= 15 is 0 Å². The van der Waals surface area contributed by atoms with Crippen LogP contribution in [0.15, 0.2) is 24.4 Å². The lowest BCUT2D eigenvalue weighted by Gasteiger charge is -2.09. The second-order valence-electron chi connectivity index (χ2n) is 3.65. The molecule has 0 saturated carbocycles. The first-order chi connectivity index (χ1) is 8.65. The van der Waals surface area contributed by atoms with Gasteiger partial charge in [-0.15, -0.1) is 0 Å². The number of halogens is 1. The van der Waals surface area contributed by atoms with Gasteiger partial charge in [0.2, 0.25) is 0 Å². The summed E-state index contributed by atoms with van der Waals surface area (Å²) in [5.74, 6) is 1.47. The molecule has 0 radical (unpaired) electrons. The molecule has 5 nitrogen and oxygen atoms in total. The van der Waals surface area contributed by atoms with Crippen molar-refractivity contribution in [3.8, 4) is 17.1 Å². The van der Waals surface area contributed by atoms with E-state index in [2.05, 4.69) is 9.97 Å². The first-order valence-corrected chi connectivity index (χ1v) is 5.69. The number of nitrogens with two attached hydrogens (primary N) is 2. The third kappa shape index (κ3) is 2.37. The maximum atomic E-state index is 5.96. The number of methoxy groups -OCH3 is 1. The minimum absolute atomic E-state index is 0.304. The van der Waals surface area contributed by atoms with E-state index in [1.165, 1.54) is 0 Å². The number of ether oxygens (including phenoxy) is 1. The van der Waals surface area contributed by atoms with E-state index in [-0.39, 0.29) is 0 Å². The summed E-state index contributed by atoms with van der Waals surface area (Å²) >= 11 is 5.96. The average Bonchev–Trinajstić information content (AvgIpc) is 2.38. The van der Waals surface area contributed by atoms with Crippen LogP contribution in [0.25, 0.3) is 11.4 Å². The van der Waals surface area contributed by atoms with E-state index in [0.717, 1.165) is 0 Å². The van der Waals surface area contributed by atoms with Crippen LogP contribution in [0, 0.1) is 0 Å². The summed E-state index contributed by atoms with van der Waals surface area (Å²) in [5, 5.41) is 0.580. The molecule has 0 bridgehead atoms. The SMILES string of the molecule is COc1ccc(Cl)cc1-c1ncc(CN)c(N)n1. The zero-order chi connectivity index (χ0) is 13.1. The third-order valence-electron chi connectivity index (χ3n) is 2.52. The molecule has 0 fully saturated rings. The van der Waals surface area contributed by atoms with Crippen molar-refractivity contribution in [2.75, 3.05) is 12.8 Å². The number of nitrogen functional groups attached to an aromatic ring is 1. The van der Waals surface area contributed by atoms with Crippen LogP contribution < -0.4 is 16.2 Å². The van der Waals surface area contributed by atoms with Gasteiger partial charge in [0.15, 0.2) is 5.82 Å². The van der Waals surface area contributed by atoms with Crippen molar-refractivity contribution in [3.05, 3.63) is 35.0 Å². The molecule has 0 unspecified atom stereocenters. The fraction of sp³-hybridized carbons (Fsp3) is 0.167. The molecule has 0 aliphatic carbocycles. The van der Waals surface area contributed by atoms with Crippen molar-refractivity contribution in [2.24, 2.45) is 5.73 Å². The largest absolute Gasteiger partial charge is 0.496 e. The number of rotatable bonds is 3. The fourth-order valence-electron chi connectivity index (χ4n) is 1.56. The van der Waals surface area contributed by atoms with Gasteiger partial charge in [-0.3, -0.25) is 0 Å². The van der Waals surface area contributed by atoms with Crippen molar-refractivity contribution >= 4 is 17.4 Å². The van der Waals surface area contributed by atoms with Gasteiger partial charge in [-0.05, 0) is 18.2 Å². The van der Waals surface area contributed by atoms with Gasteiger partial charge in [-0.1, -0.05) is 11.6 Å². The van der Waals surface area contributed by atoms with Crippen LogP contribution in [-0.4, -0.2) is 17.1 Å². The summed E-state index contributed by atoms with van der Waals surface area (Å²) in [4.78, 5) is 8.43. The minimum atomic E-state index is 0.304. The summed E-state index contributed by atoms with van der Waals surface area (Å²) < 4.78 is 5.25. The lowest BCUT2D eigenvalue weighted by atomic mass is 10.2. The molecule has 18 heavy (non-hydrogen) atoms. The molecule has 2 rings (SSSR count). The molecule has 0 spiro atoms. The monoisotopic (exact) mass is 264 g/mol. The van der Waals surface area contributed by atoms with Crippen molar-refractivity contribution in [1.82, 2.24) is 9.97 Å². The van der Waals surface area contributed by atoms with E-state index in [9.17, 15) is 0 Å². The Labute approximate surface area is 110 Å². The highest BCUT2D eigenvalue weighted by Crippen LogP contribution is 2.30. The summed E-state index contributed by atoms with van der Waals surface area (Å²) in [6, 6.07) is 5.23. The van der Waals surface area contributed by atoms with Crippen molar-refractivity contribution in [3.63, 3.8) is 0 Å². The second-order valence-corrected chi connectivity index (χ2v) is 4.09. The van der Waals surface area contributed by atoms with Crippen molar-refractivity contribution in [1.29, 1.82) is 0 Å². The number of aromatic nitrogens is 2. The molecular formula is C12H13ClN4O. The minimum Gasteiger partial charge on any atom is -0.496 e. The Morgan fingerprint density at radius 3 is 2.78 bits per heavy atom. The maximum absolute atomic E-state index is 5.96. The third-order valence-corrected chi connectivity index (χ3v) is 2.76. The highest BCUT2D eigenvalue weighted by atomic mass is 35.5. The van der Waals surface area contributed by atoms with Gasteiger partial charge < -0.3 is 16.2 Å². The molecule has 0 atom stereocenters. The highest BCUT2D eigenvalue weighted by Gasteiger charge is 2.11. The van der Waals surface area contributed by atoms with Gasteiger partial charge in [-0.25, -0.2) is 9.97 Å². The van der Waals surface area contributed by atoms with Gasteiger partial charge in [0.25, 0.3) is 0 Å². The van der Waals surface area contributed by atoms with Crippen LogP contribution in [0.3, 0.4) is 0 Å². The standard InChI is InChI=1S/C12H13ClN4O/c1-18-10-3-2-8(13)4-9(10)12-16-6-7(5-14)11(15)17-12/h2-4,6H,5,14H2,1H3,(H2,15,16,17). The fourth-order valence-corrected chi connectivity index (χ4v) is 1.73. The van der Waals surface area contributed by atoms with Crippen LogP contribution >= 0.6 is 11.6 Å². The van der Waals surface area contributed by atoms with Gasteiger partial charge in [0, 0.05) is 23.3 Å². The smallest absolute Gasteiger partial charge is 0.165 e. The van der Waals surface area contributed by atoms with E-state index in [0.29, 0.717) is 40.1 Å². The lowest BCUT2D eigenvalue weighted by molar-refractivity contribution is 0.416. The summed E-state index contributed by atoms with van der Waals surface area (Å²) in [6.45, 7) is 0.304. The van der Waals surface area contributed by atoms with E-state index in [4.69, 9.17) is 27.8 Å². The van der Waals surface area contributed by atoms with Crippen LogP contribution in [0.5, 0.6) is 5.75 Å². The molecule has 0 aliphatic rings. The van der Waals surface area contributed by atoms with Crippen LogP contribution in [0.4, 0.5) is 5.82 Å². The number of hydrogen-bond acceptors (Lipinski definition) is 5. The molecule has 0 amide bonds. The first-order valence-electron chi connectivity index (χ1n) is 5.31. The molecular weight excluding hydrogens is 252 g/mol. The van der Waals surface area contributed by atoms with E-state index in [1.54, 1.807) is 31.5 Å². The second kappa shape index (κ2) is 5.20. The number of benzene rings is 1. The Morgan fingerprint density at radius 1 is 1.39 bits per heavy atom. The van der Waals surface area contributed by atoms with Crippen LogP contribution in [-0.2, 0) is 6.54 Å². The van der Waals surface area contributed by atoms with E-state index < -0.39 is 0 Å². The van der Waals surface area contributed by atoms with Crippen LogP contribution in [0.2, 0.25) is 5.02 Å². The average molecular weight is 265 g/mol. The Balaban J connectivity index is 2.54. The van der Waals surface area contributed by atoms with Crippen molar-refractivity contribution in [2.45, 2.75) is 6.54 Å². The Kier molecular flexibility index (Phi) is 3.64. The zero-order valence-corrected chi connectivity index (χ0v) is 10.6. The predicted octanol–water partition coefficient (Wildman–Crippen LogP) is 1.85. The summed E-state index contributed by atoms with van der Waals surface area (Å²) in [6.07, 6.45) is 1.61. The quantitative estimate of drug-likeness (QED) is 0.883. The molecule has 0 aliphatic heterocycles. The molecule has 1 heterocycles. The number of nitrogens with zero attached hydrogens (tertiary/aromatic N) is 2. The summed E-state index contributed by atoms with van der Waals surface area (Å²) in [7, 11) is 1.57. The van der Waals surface area contributed by atoms with Crippen molar-refractivity contribution < 1.29 is 4.74 Å². The molecule has 6 heteroatoms. The molecule has 2 aromatic rings. The van der Waals surface area contributed by atoms with Gasteiger partial charge >= 0.3 is 0 Å². The van der Waals surface area contributed by atoms with Gasteiger partial charge in [0.1, 0.15) is 11.6 Å².